The van der Waals surface area contributed by atoms with Crippen LogP contribution in [0.1, 0.15) is 44.9 Å². The Balaban J connectivity index is 1.56. The second-order valence-electron chi connectivity index (χ2n) is 5.27. The summed E-state index contributed by atoms with van der Waals surface area (Å²) >= 11 is 0. The lowest BCUT2D eigenvalue weighted by molar-refractivity contribution is 0.231. The topological polar surface area (TPSA) is 43.4 Å². The van der Waals surface area contributed by atoms with Gasteiger partial charge in [-0.25, -0.2) is 8.42 Å². The van der Waals surface area contributed by atoms with Crippen LogP contribution in [0.15, 0.2) is 11.8 Å². The quantitative estimate of drug-likeness (QED) is 0.562. The van der Waals surface area contributed by atoms with E-state index < -0.39 is 9.84 Å². The van der Waals surface area contributed by atoms with E-state index in [4.69, 9.17) is 4.74 Å². The molecule has 1 saturated carbocycles. The highest BCUT2D eigenvalue weighted by Gasteiger charge is 2.27. The fraction of sp³-hybridized carbons (Fsp3) is 0.846. The van der Waals surface area contributed by atoms with Crippen molar-refractivity contribution < 1.29 is 13.2 Å². The minimum Gasteiger partial charge on any atom is -0.501 e. The molecule has 1 aliphatic heterocycles. The van der Waals surface area contributed by atoms with Crippen LogP contribution in [0.5, 0.6) is 0 Å². The predicted molar refractivity (Wildman–Crippen MR) is 68.5 cm³/mol. The van der Waals surface area contributed by atoms with E-state index in [1.807, 2.05) is 6.26 Å². The molecule has 1 saturated heterocycles. The molecule has 2 aliphatic rings. The highest BCUT2D eigenvalue weighted by atomic mass is 32.2. The van der Waals surface area contributed by atoms with Crippen LogP contribution in [0.2, 0.25) is 0 Å². The van der Waals surface area contributed by atoms with Gasteiger partial charge in [0.1, 0.15) is 0 Å². The molecule has 1 atom stereocenters. The average Bonchev–Trinajstić information content (AvgIpc) is 2.88. The molecule has 2 rings (SSSR count). The smallest absolute Gasteiger partial charge is 0.150 e. The number of hydrogen-bond donors (Lipinski definition) is 0. The van der Waals surface area contributed by atoms with Gasteiger partial charge in [0.2, 0.25) is 0 Å². The van der Waals surface area contributed by atoms with Gasteiger partial charge in [-0.2, -0.15) is 0 Å². The molecule has 0 aromatic heterocycles. The molecule has 0 N–H and O–H groups in total. The third-order valence-corrected chi connectivity index (χ3v) is 5.53. The van der Waals surface area contributed by atoms with Gasteiger partial charge in [0.05, 0.1) is 24.4 Å². The SMILES string of the molecule is O=S1(=O)CCC(CCCOC=C2CCCC2)C1. The van der Waals surface area contributed by atoms with Crippen LogP contribution in [0, 0.1) is 5.92 Å². The highest BCUT2D eigenvalue weighted by Crippen LogP contribution is 2.24. The summed E-state index contributed by atoms with van der Waals surface area (Å²) < 4.78 is 28.0. The summed E-state index contributed by atoms with van der Waals surface area (Å²) in [5.41, 5.74) is 1.44. The molecule has 0 amide bonds. The number of rotatable bonds is 5. The molecule has 98 valence electrons. The predicted octanol–water partition coefficient (Wildman–Crippen LogP) is 2.68. The second kappa shape index (κ2) is 5.89. The summed E-state index contributed by atoms with van der Waals surface area (Å²) in [7, 11) is -2.70. The third-order valence-electron chi connectivity index (χ3n) is 3.70. The van der Waals surface area contributed by atoms with E-state index in [-0.39, 0.29) is 0 Å². The summed E-state index contributed by atoms with van der Waals surface area (Å²) in [5.74, 6) is 1.17. The first-order valence-corrected chi connectivity index (χ1v) is 8.48. The van der Waals surface area contributed by atoms with Crippen molar-refractivity contribution in [3.8, 4) is 0 Å². The van der Waals surface area contributed by atoms with E-state index in [9.17, 15) is 8.42 Å². The Morgan fingerprint density at radius 1 is 1.29 bits per heavy atom. The number of ether oxygens (including phenoxy) is 1. The van der Waals surface area contributed by atoms with Crippen LogP contribution in [-0.4, -0.2) is 26.5 Å². The Morgan fingerprint density at radius 3 is 2.71 bits per heavy atom. The first-order chi connectivity index (χ1) is 8.16. The Bertz CT molecular complexity index is 362. The van der Waals surface area contributed by atoms with Crippen molar-refractivity contribution in [3.63, 3.8) is 0 Å². The fourth-order valence-corrected chi connectivity index (χ4v) is 4.59. The summed E-state index contributed by atoms with van der Waals surface area (Å²) in [5, 5.41) is 0. The molecule has 1 aliphatic carbocycles. The molecule has 1 unspecified atom stereocenters. The van der Waals surface area contributed by atoms with Crippen molar-refractivity contribution in [2.75, 3.05) is 18.1 Å². The monoisotopic (exact) mass is 258 g/mol. The van der Waals surface area contributed by atoms with Gasteiger partial charge in [0.15, 0.2) is 9.84 Å². The van der Waals surface area contributed by atoms with Gasteiger partial charge >= 0.3 is 0 Å². The van der Waals surface area contributed by atoms with E-state index in [0.717, 1.165) is 25.9 Å². The average molecular weight is 258 g/mol. The molecule has 1 heterocycles. The molecule has 0 aromatic rings. The van der Waals surface area contributed by atoms with Crippen molar-refractivity contribution in [2.24, 2.45) is 5.92 Å². The number of hydrogen-bond acceptors (Lipinski definition) is 3. The van der Waals surface area contributed by atoms with Gasteiger partial charge in [0, 0.05) is 0 Å². The molecule has 0 bridgehead atoms. The van der Waals surface area contributed by atoms with Crippen LogP contribution in [-0.2, 0) is 14.6 Å². The van der Waals surface area contributed by atoms with Crippen LogP contribution in [0.3, 0.4) is 0 Å². The number of allylic oxidation sites excluding steroid dienone is 1. The molecule has 4 heteroatoms. The first-order valence-electron chi connectivity index (χ1n) is 6.66. The zero-order chi connectivity index (χ0) is 12.1. The van der Waals surface area contributed by atoms with E-state index in [1.54, 1.807) is 0 Å². The van der Waals surface area contributed by atoms with Crippen molar-refractivity contribution in [1.82, 2.24) is 0 Å². The largest absolute Gasteiger partial charge is 0.501 e. The molecular weight excluding hydrogens is 236 g/mol. The van der Waals surface area contributed by atoms with E-state index in [1.165, 1.54) is 31.3 Å². The van der Waals surface area contributed by atoms with Crippen molar-refractivity contribution in [1.29, 1.82) is 0 Å². The third kappa shape index (κ3) is 4.34. The maximum absolute atomic E-state index is 11.3. The van der Waals surface area contributed by atoms with Crippen LogP contribution >= 0.6 is 0 Å². The molecular formula is C13H22O3S. The Labute approximate surface area is 104 Å². The minimum absolute atomic E-state index is 0.378. The summed E-state index contributed by atoms with van der Waals surface area (Å²) in [6, 6.07) is 0. The maximum atomic E-state index is 11.3. The van der Waals surface area contributed by atoms with Crippen molar-refractivity contribution >= 4 is 9.84 Å². The molecule has 17 heavy (non-hydrogen) atoms. The Kier molecular flexibility index (Phi) is 4.48. The second-order valence-corrected chi connectivity index (χ2v) is 7.49. The maximum Gasteiger partial charge on any atom is 0.150 e. The van der Waals surface area contributed by atoms with Gasteiger partial charge in [-0.15, -0.1) is 0 Å². The lowest BCUT2D eigenvalue weighted by atomic mass is 10.0. The van der Waals surface area contributed by atoms with E-state index in [2.05, 4.69) is 0 Å². The summed E-state index contributed by atoms with van der Waals surface area (Å²) in [4.78, 5) is 0. The van der Waals surface area contributed by atoms with Crippen LogP contribution < -0.4 is 0 Å². The molecule has 0 spiro atoms. The van der Waals surface area contributed by atoms with E-state index >= 15 is 0 Å². The van der Waals surface area contributed by atoms with Crippen molar-refractivity contribution in [3.05, 3.63) is 11.8 Å². The molecule has 0 aromatic carbocycles. The van der Waals surface area contributed by atoms with Gasteiger partial charge in [-0.05, 0) is 56.4 Å². The fourth-order valence-electron chi connectivity index (χ4n) is 2.68. The van der Waals surface area contributed by atoms with Gasteiger partial charge in [-0.3, -0.25) is 0 Å². The molecule has 2 fully saturated rings. The molecule has 3 nitrogen and oxygen atoms in total. The number of sulfone groups is 1. The lowest BCUT2D eigenvalue weighted by Crippen LogP contribution is -2.05. The standard InChI is InChI=1S/C13H22O3S/c14-17(15)9-7-13(11-17)6-3-8-16-10-12-4-1-2-5-12/h10,13H,1-9,11H2. The Hall–Kier alpha value is -0.510. The van der Waals surface area contributed by atoms with Gasteiger partial charge in [0.25, 0.3) is 0 Å². The Morgan fingerprint density at radius 2 is 2.06 bits per heavy atom. The highest BCUT2D eigenvalue weighted by molar-refractivity contribution is 7.91. The molecule has 0 radical (unpaired) electrons. The minimum atomic E-state index is -2.70. The van der Waals surface area contributed by atoms with Gasteiger partial charge < -0.3 is 4.74 Å². The first kappa shape index (κ1) is 12.9. The van der Waals surface area contributed by atoms with Crippen LogP contribution in [0.25, 0.3) is 0 Å². The normalized spacial score (nSPS) is 27.3. The summed E-state index contributed by atoms with van der Waals surface area (Å²) in [6.45, 7) is 0.736. The lowest BCUT2D eigenvalue weighted by Gasteiger charge is -2.07. The van der Waals surface area contributed by atoms with E-state index in [0.29, 0.717) is 17.4 Å². The van der Waals surface area contributed by atoms with Crippen molar-refractivity contribution in [2.45, 2.75) is 44.9 Å². The summed E-state index contributed by atoms with van der Waals surface area (Å²) in [6.07, 6.45) is 9.74. The zero-order valence-electron chi connectivity index (χ0n) is 10.4. The zero-order valence-corrected chi connectivity index (χ0v) is 11.2. The van der Waals surface area contributed by atoms with Crippen LogP contribution in [0.4, 0.5) is 0 Å². The van der Waals surface area contributed by atoms with Gasteiger partial charge in [-0.1, -0.05) is 0 Å².